The zero-order valence-electron chi connectivity index (χ0n) is 13.5. The third-order valence-electron chi connectivity index (χ3n) is 4.46. The van der Waals surface area contributed by atoms with Gasteiger partial charge in [-0.1, -0.05) is 0 Å². The van der Waals surface area contributed by atoms with E-state index in [0.29, 0.717) is 12.7 Å². The number of aliphatic imine (C=N–C) groups is 1. The average molecular weight is 427 g/mol. The summed E-state index contributed by atoms with van der Waals surface area (Å²) in [6, 6.07) is 0. The zero-order valence-corrected chi connectivity index (χ0v) is 15.8. The second-order valence-electron chi connectivity index (χ2n) is 6.05. The van der Waals surface area contributed by atoms with Crippen LogP contribution >= 0.6 is 24.0 Å². The molecule has 0 saturated carbocycles. The van der Waals surface area contributed by atoms with Crippen molar-refractivity contribution in [1.29, 1.82) is 0 Å². The highest BCUT2D eigenvalue weighted by Crippen LogP contribution is 2.31. The quantitative estimate of drug-likeness (QED) is 0.323. The summed E-state index contributed by atoms with van der Waals surface area (Å²) in [4.78, 5) is 4.25. The molecular formula is C15H30IN3O3. The summed E-state index contributed by atoms with van der Waals surface area (Å²) in [7, 11) is 1.78. The molecule has 2 unspecified atom stereocenters. The van der Waals surface area contributed by atoms with Gasteiger partial charge in [-0.2, -0.15) is 0 Å². The van der Waals surface area contributed by atoms with Gasteiger partial charge in [0.25, 0.3) is 0 Å². The molecule has 0 aliphatic carbocycles. The van der Waals surface area contributed by atoms with Gasteiger partial charge in [0.1, 0.15) is 0 Å². The molecule has 0 spiro atoms. The summed E-state index contributed by atoms with van der Waals surface area (Å²) < 4.78 is 11.1. The molecule has 0 aromatic rings. The average Bonchev–Trinajstić information content (AvgIpc) is 3.15. The third-order valence-corrected chi connectivity index (χ3v) is 4.46. The van der Waals surface area contributed by atoms with Crippen LogP contribution in [0, 0.1) is 5.41 Å². The largest absolute Gasteiger partial charge is 0.396 e. The lowest BCUT2D eigenvalue weighted by Crippen LogP contribution is -2.45. The Morgan fingerprint density at radius 2 is 2.23 bits per heavy atom. The molecule has 2 aliphatic rings. The highest BCUT2D eigenvalue weighted by atomic mass is 127. The Bertz CT molecular complexity index is 330. The molecule has 2 saturated heterocycles. The number of nitrogens with one attached hydrogen (secondary N) is 2. The lowest BCUT2D eigenvalue weighted by atomic mass is 9.84. The maximum absolute atomic E-state index is 9.23. The van der Waals surface area contributed by atoms with Crippen LogP contribution in [0.4, 0.5) is 0 Å². The first-order chi connectivity index (χ1) is 10.3. The number of nitrogens with zero attached hydrogens (tertiary/aromatic N) is 1. The monoisotopic (exact) mass is 427 g/mol. The molecule has 3 N–H and O–H groups in total. The summed E-state index contributed by atoms with van der Waals surface area (Å²) in [5.74, 6) is 0.817. The standard InChI is InChI=1S/C15H29N3O3.HI/c1-16-14(17-7-4-13-3-2-9-21-13)18-11-15(5-8-19)6-10-20-12-15;/h13,19H,2-12H2,1H3,(H2,16,17,18);1H. The minimum atomic E-state index is 0. The molecule has 0 bridgehead atoms. The van der Waals surface area contributed by atoms with Gasteiger partial charge in [0, 0.05) is 45.4 Å². The van der Waals surface area contributed by atoms with Gasteiger partial charge >= 0.3 is 0 Å². The predicted octanol–water partition coefficient (Wildman–Crippen LogP) is 1.13. The van der Waals surface area contributed by atoms with E-state index in [1.807, 2.05) is 0 Å². The Kier molecular flexibility index (Phi) is 9.62. The number of guanidine groups is 1. The number of aliphatic hydroxyl groups is 1. The molecule has 130 valence electrons. The molecule has 22 heavy (non-hydrogen) atoms. The first-order valence-electron chi connectivity index (χ1n) is 8.03. The maximum atomic E-state index is 9.23. The fraction of sp³-hybridized carbons (Fsp3) is 0.933. The lowest BCUT2D eigenvalue weighted by Gasteiger charge is -2.27. The van der Waals surface area contributed by atoms with E-state index in [-0.39, 0.29) is 36.0 Å². The topological polar surface area (TPSA) is 75.1 Å². The minimum absolute atomic E-state index is 0. The van der Waals surface area contributed by atoms with Gasteiger partial charge in [-0.25, -0.2) is 0 Å². The van der Waals surface area contributed by atoms with Crippen molar-refractivity contribution in [3.05, 3.63) is 0 Å². The third kappa shape index (κ3) is 6.17. The second-order valence-corrected chi connectivity index (χ2v) is 6.05. The van der Waals surface area contributed by atoms with Crippen molar-refractivity contribution in [3.63, 3.8) is 0 Å². The van der Waals surface area contributed by atoms with E-state index < -0.39 is 0 Å². The number of rotatable bonds is 7. The fourth-order valence-electron chi connectivity index (χ4n) is 3.03. The van der Waals surface area contributed by atoms with Gasteiger partial charge in [-0.15, -0.1) is 24.0 Å². The molecule has 2 heterocycles. The van der Waals surface area contributed by atoms with Crippen molar-refractivity contribution in [1.82, 2.24) is 10.6 Å². The van der Waals surface area contributed by atoms with Gasteiger partial charge in [0.15, 0.2) is 5.96 Å². The Morgan fingerprint density at radius 1 is 1.36 bits per heavy atom. The summed E-state index contributed by atoms with van der Waals surface area (Å²) in [5.41, 5.74) is 0.0426. The summed E-state index contributed by atoms with van der Waals surface area (Å²) in [6.07, 6.45) is 5.54. The maximum Gasteiger partial charge on any atom is 0.190 e. The van der Waals surface area contributed by atoms with E-state index in [1.54, 1.807) is 7.05 Å². The molecule has 7 heteroatoms. The molecule has 0 amide bonds. The SMILES string of the molecule is CN=C(NCCC1CCCO1)NCC1(CCO)CCOC1.I. The Balaban J connectivity index is 0.00000242. The molecule has 6 nitrogen and oxygen atoms in total. The Labute approximate surface area is 150 Å². The molecule has 0 aromatic heterocycles. The van der Waals surface area contributed by atoms with E-state index in [4.69, 9.17) is 9.47 Å². The van der Waals surface area contributed by atoms with Gasteiger partial charge in [0.05, 0.1) is 12.7 Å². The van der Waals surface area contributed by atoms with E-state index >= 15 is 0 Å². The molecule has 2 fully saturated rings. The fourth-order valence-corrected chi connectivity index (χ4v) is 3.03. The molecule has 0 aromatic carbocycles. The van der Waals surface area contributed by atoms with Crippen LogP contribution in [-0.2, 0) is 9.47 Å². The van der Waals surface area contributed by atoms with Crippen LogP contribution in [0.5, 0.6) is 0 Å². The number of halogens is 1. The van der Waals surface area contributed by atoms with Crippen LogP contribution in [0.1, 0.15) is 32.1 Å². The molecular weight excluding hydrogens is 397 g/mol. The van der Waals surface area contributed by atoms with Crippen LogP contribution in [-0.4, -0.2) is 63.7 Å². The molecule has 2 atom stereocenters. The van der Waals surface area contributed by atoms with Gasteiger partial charge < -0.3 is 25.2 Å². The van der Waals surface area contributed by atoms with Gasteiger partial charge in [0.2, 0.25) is 0 Å². The van der Waals surface area contributed by atoms with Crippen molar-refractivity contribution < 1.29 is 14.6 Å². The highest BCUT2D eigenvalue weighted by molar-refractivity contribution is 14.0. The number of aliphatic hydroxyl groups excluding tert-OH is 1. The van der Waals surface area contributed by atoms with Crippen molar-refractivity contribution in [2.75, 3.05) is 46.6 Å². The molecule has 0 radical (unpaired) electrons. The van der Waals surface area contributed by atoms with Crippen LogP contribution in [0.25, 0.3) is 0 Å². The number of ether oxygens (including phenoxy) is 2. The van der Waals surface area contributed by atoms with E-state index in [1.165, 1.54) is 12.8 Å². The van der Waals surface area contributed by atoms with E-state index in [9.17, 15) is 5.11 Å². The predicted molar refractivity (Wildman–Crippen MR) is 97.9 cm³/mol. The first kappa shape index (κ1) is 19.9. The van der Waals surface area contributed by atoms with E-state index in [2.05, 4.69) is 15.6 Å². The van der Waals surface area contributed by atoms with Gasteiger partial charge in [-0.05, 0) is 32.1 Å². The Hall–Kier alpha value is -0.120. The molecule has 2 rings (SSSR count). The normalized spacial score (nSPS) is 28.5. The summed E-state index contributed by atoms with van der Waals surface area (Å²) in [6.45, 7) is 4.26. The number of hydrogen-bond donors (Lipinski definition) is 3. The van der Waals surface area contributed by atoms with E-state index in [0.717, 1.165) is 51.5 Å². The highest BCUT2D eigenvalue weighted by Gasteiger charge is 2.34. The lowest BCUT2D eigenvalue weighted by molar-refractivity contribution is 0.105. The minimum Gasteiger partial charge on any atom is -0.396 e. The summed E-state index contributed by atoms with van der Waals surface area (Å²) >= 11 is 0. The van der Waals surface area contributed by atoms with Crippen molar-refractivity contribution in [2.24, 2.45) is 10.4 Å². The van der Waals surface area contributed by atoms with Crippen LogP contribution in [0.3, 0.4) is 0 Å². The van der Waals surface area contributed by atoms with Crippen molar-refractivity contribution in [3.8, 4) is 0 Å². The summed E-state index contributed by atoms with van der Waals surface area (Å²) in [5, 5.41) is 15.9. The van der Waals surface area contributed by atoms with Crippen LogP contribution in [0.2, 0.25) is 0 Å². The number of hydrogen-bond acceptors (Lipinski definition) is 4. The first-order valence-corrected chi connectivity index (χ1v) is 8.03. The Morgan fingerprint density at radius 3 is 2.82 bits per heavy atom. The van der Waals surface area contributed by atoms with Gasteiger partial charge in [-0.3, -0.25) is 4.99 Å². The van der Waals surface area contributed by atoms with Crippen molar-refractivity contribution in [2.45, 2.75) is 38.2 Å². The zero-order chi connectivity index (χ0) is 15.0. The van der Waals surface area contributed by atoms with Crippen molar-refractivity contribution >= 4 is 29.9 Å². The second kappa shape index (κ2) is 10.6. The smallest absolute Gasteiger partial charge is 0.190 e. The molecule has 2 aliphatic heterocycles. The van der Waals surface area contributed by atoms with Crippen LogP contribution < -0.4 is 10.6 Å². The van der Waals surface area contributed by atoms with Crippen LogP contribution in [0.15, 0.2) is 4.99 Å².